The first kappa shape index (κ1) is 14.1. The Morgan fingerprint density at radius 1 is 1.10 bits per heavy atom. The third-order valence-corrected chi connectivity index (χ3v) is 5.03. The van der Waals surface area contributed by atoms with Gasteiger partial charge in [0, 0.05) is 6.61 Å². The Hall–Kier alpha value is -0.860. The average molecular weight is 273 g/mol. The van der Waals surface area contributed by atoms with Gasteiger partial charge in [-0.05, 0) is 67.5 Å². The molecule has 2 nitrogen and oxygen atoms in total. The lowest BCUT2D eigenvalue weighted by atomic mass is 9.65. The van der Waals surface area contributed by atoms with Gasteiger partial charge < -0.3 is 10.5 Å². The maximum Gasteiger partial charge on any atom is 0.0506 e. The van der Waals surface area contributed by atoms with Crippen LogP contribution in [0.3, 0.4) is 0 Å². The number of hydrogen-bond acceptors (Lipinski definition) is 2. The molecule has 0 heterocycles. The molecule has 0 saturated heterocycles. The molecule has 2 aliphatic carbocycles. The third-order valence-electron chi connectivity index (χ3n) is 5.03. The summed E-state index contributed by atoms with van der Waals surface area (Å²) in [6, 6.07) is 9.09. The quantitative estimate of drug-likeness (QED) is 0.737. The van der Waals surface area contributed by atoms with Gasteiger partial charge in [-0.2, -0.15) is 0 Å². The van der Waals surface area contributed by atoms with Crippen LogP contribution in [-0.4, -0.2) is 19.8 Å². The highest BCUT2D eigenvalue weighted by Crippen LogP contribution is 2.42. The fraction of sp³-hybridized carbons (Fsp3) is 0.667. The first-order valence-corrected chi connectivity index (χ1v) is 8.15. The van der Waals surface area contributed by atoms with Gasteiger partial charge in [0.2, 0.25) is 0 Å². The molecule has 0 unspecified atom stereocenters. The summed E-state index contributed by atoms with van der Waals surface area (Å²) < 4.78 is 5.70. The van der Waals surface area contributed by atoms with Crippen molar-refractivity contribution >= 4 is 0 Å². The minimum absolute atomic E-state index is 0.412. The van der Waals surface area contributed by atoms with E-state index in [2.05, 4.69) is 24.3 Å². The topological polar surface area (TPSA) is 35.2 Å². The lowest BCUT2D eigenvalue weighted by Crippen LogP contribution is -2.39. The van der Waals surface area contributed by atoms with Gasteiger partial charge in [-0.15, -0.1) is 0 Å². The van der Waals surface area contributed by atoms with E-state index in [4.69, 9.17) is 10.5 Å². The summed E-state index contributed by atoms with van der Waals surface area (Å²) in [6.07, 6.45) is 8.90. The van der Waals surface area contributed by atoms with Crippen molar-refractivity contribution < 1.29 is 4.74 Å². The molecule has 0 aromatic heterocycles. The van der Waals surface area contributed by atoms with E-state index in [1.165, 1.54) is 43.2 Å². The van der Waals surface area contributed by atoms with E-state index in [1.807, 2.05) is 0 Å². The predicted molar refractivity (Wildman–Crippen MR) is 82.7 cm³/mol. The maximum atomic E-state index is 5.94. The van der Waals surface area contributed by atoms with Gasteiger partial charge >= 0.3 is 0 Å². The summed E-state index contributed by atoms with van der Waals surface area (Å²) in [7, 11) is 0. The molecule has 0 bridgehead atoms. The molecule has 2 N–H and O–H groups in total. The summed E-state index contributed by atoms with van der Waals surface area (Å²) in [5, 5.41) is 0. The van der Waals surface area contributed by atoms with E-state index < -0.39 is 0 Å². The van der Waals surface area contributed by atoms with Gasteiger partial charge in [0.05, 0.1) is 6.61 Å². The molecule has 0 aliphatic heterocycles. The van der Waals surface area contributed by atoms with Crippen molar-refractivity contribution in [3.05, 3.63) is 35.4 Å². The van der Waals surface area contributed by atoms with Crippen LogP contribution in [-0.2, 0) is 17.6 Å². The number of benzene rings is 1. The Kier molecular flexibility index (Phi) is 4.42. The highest BCUT2D eigenvalue weighted by molar-refractivity contribution is 5.24. The average Bonchev–Trinajstić information content (AvgIpc) is 3.25. The highest BCUT2D eigenvalue weighted by atomic mass is 16.5. The number of hydrogen-bond donors (Lipinski definition) is 1. The normalized spacial score (nSPS) is 20.6. The van der Waals surface area contributed by atoms with Gasteiger partial charge in [-0.25, -0.2) is 0 Å². The zero-order valence-electron chi connectivity index (χ0n) is 12.4. The smallest absolute Gasteiger partial charge is 0.0506 e. The molecule has 110 valence electrons. The monoisotopic (exact) mass is 273 g/mol. The Morgan fingerprint density at radius 3 is 2.35 bits per heavy atom. The van der Waals surface area contributed by atoms with Crippen LogP contribution in [0.2, 0.25) is 0 Å². The van der Waals surface area contributed by atoms with Crippen LogP contribution in [0.4, 0.5) is 0 Å². The molecule has 2 heteroatoms. The van der Waals surface area contributed by atoms with Crippen LogP contribution in [0.15, 0.2) is 24.3 Å². The molecule has 2 fully saturated rings. The Balaban J connectivity index is 1.44. The molecular weight excluding hydrogens is 246 g/mol. The Bertz CT molecular complexity index is 412. The van der Waals surface area contributed by atoms with Gasteiger partial charge in [-0.3, -0.25) is 0 Å². The number of nitrogens with two attached hydrogens (primary N) is 1. The van der Waals surface area contributed by atoms with Gasteiger partial charge in [0.25, 0.3) is 0 Å². The van der Waals surface area contributed by atoms with E-state index in [-0.39, 0.29) is 0 Å². The molecular formula is C18H27NO. The second kappa shape index (κ2) is 6.28. The van der Waals surface area contributed by atoms with Crippen molar-refractivity contribution in [3.8, 4) is 0 Å². The standard InChI is InChI=1S/C18H27NO/c19-14-18(9-1-10-18)12-16-4-2-15(3-5-16)8-11-20-13-17-6-7-17/h2-5,17H,1,6-14,19H2. The molecule has 0 atom stereocenters. The zero-order chi connectivity index (χ0) is 13.8. The minimum atomic E-state index is 0.412. The lowest BCUT2D eigenvalue weighted by Gasteiger charge is -2.41. The van der Waals surface area contributed by atoms with Gasteiger partial charge in [0.1, 0.15) is 0 Å². The summed E-state index contributed by atoms with van der Waals surface area (Å²) >= 11 is 0. The lowest BCUT2D eigenvalue weighted by molar-refractivity contribution is 0.127. The van der Waals surface area contributed by atoms with Gasteiger partial charge in [-0.1, -0.05) is 30.7 Å². The molecule has 1 aromatic carbocycles. The van der Waals surface area contributed by atoms with Crippen molar-refractivity contribution in [1.82, 2.24) is 0 Å². The van der Waals surface area contributed by atoms with Crippen molar-refractivity contribution in [2.24, 2.45) is 17.1 Å². The van der Waals surface area contributed by atoms with Crippen molar-refractivity contribution in [3.63, 3.8) is 0 Å². The second-order valence-electron chi connectivity index (χ2n) is 6.82. The molecule has 0 amide bonds. The first-order valence-electron chi connectivity index (χ1n) is 8.15. The molecule has 2 aliphatic rings. The van der Waals surface area contributed by atoms with Crippen molar-refractivity contribution in [1.29, 1.82) is 0 Å². The molecule has 1 aromatic rings. The summed E-state index contributed by atoms with van der Waals surface area (Å²) in [5.74, 6) is 0.868. The SMILES string of the molecule is NCC1(Cc2ccc(CCOCC3CC3)cc2)CCC1. The van der Waals surface area contributed by atoms with Crippen LogP contribution >= 0.6 is 0 Å². The number of ether oxygens (including phenoxy) is 1. The molecule has 20 heavy (non-hydrogen) atoms. The van der Waals surface area contributed by atoms with Crippen LogP contribution < -0.4 is 5.73 Å². The maximum absolute atomic E-state index is 5.94. The molecule has 0 radical (unpaired) electrons. The van der Waals surface area contributed by atoms with Crippen LogP contribution in [0.1, 0.15) is 43.2 Å². The molecule has 0 spiro atoms. The van der Waals surface area contributed by atoms with Crippen molar-refractivity contribution in [2.45, 2.75) is 44.9 Å². The van der Waals surface area contributed by atoms with Gasteiger partial charge in [0.15, 0.2) is 0 Å². The summed E-state index contributed by atoms with van der Waals surface area (Å²) in [4.78, 5) is 0. The zero-order valence-corrected chi connectivity index (χ0v) is 12.4. The van der Waals surface area contributed by atoms with Crippen LogP contribution in [0.5, 0.6) is 0 Å². The van der Waals surface area contributed by atoms with Crippen molar-refractivity contribution in [2.75, 3.05) is 19.8 Å². The van der Waals surface area contributed by atoms with E-state index in [0.29, 0.717) is 5.41 Å². The largest absolute Gasteiger partial charge is 0.381 e. The summed E-state index contributed by atoms with van der Waals surface area (Å²) in [5.41, 5.74) is 9.18. The van der Waals surface area contributed by atoms with E-state index in [9.17, 15) is 0 Å². The Labute approximate surface area is 122 Å². The third kappa shape index (κ3) is 3.62. The number of rotatable bonds is 8. The van der Waals surface area contributed by atoms with E-state index >= 15 is 0 Å². The fourth-order valence-corrected chi connectivity index (χ4v) is 3.11. The van der Waals surface area contributed by atoms with E-state index in [0.717, 1.165) is 38.5 Å². The molecule has 3 rings (SSSR count). The highest BCUT2D eigenvalue weighted by Gasteiger charge is 2.35. The molecule has 2 saturated carbocycles. The fourth-order valence-electron chi connectivity index (χ4n) is 3.11. The van der Waals surface area contributed by atoms with Crippen LogP contribution in [0, 0.1) is 11.3 Å². The minimum Gasteiger partial charge on any atom is -0.381 e. The Morgan fingerprint density at radius 2 is 1.80 bits per heavy atom. The summed E-state index contributed by atoms with van der Waals surface area (Å²) in [6.45, 7) is 2.67. The second-order valence-corrected chi connectivity index (χ2v) is 6.82. The van der Waals surface area contributed by atoms with E-state index in [1.54, 1.807) is 0 Å². The predicted octanol–water partition coefficient (Wildman–Crippen LogP) is 3.33. The van der Waals surface area contributed by atoms with Crippen LogP contribution in [0.25, 0.3) is 0 Å². The first-order chi connectivity index (χ1) is 9.80.